The summed E-state index contributed by atoms with van der Waals surface area (Å²) in [5, 5.41) is 0. The van der Waals surface area contributed by atoms with Crippen molar-refractivity contribution in [1.29, 1.82) is 0 Å². The minimum absolute atomic E-state index is 0.231. The summed E-state index contributed by atoms with van der Waals surface area (Å²) in [4.78, 5) is 12.5. The van der Waals surface area contributed by atoms with E-state index in [0.29, 0.717) is 6.04 Å². The van der Waals surface area contributed by atoms with Gasteiger partial charge in [0, 0.05) is 13.1 Å². The molecule has 0 aromatic carbocycles. The Morgan fingerprint density at radius 3 is 2.60 bits per heavy atom. The monoisotopic (exact) mass is 255 g/mol. The minimum atomic E-state index is -0.231. The van der Waals surface area contributed by atoms with Crippen molar-refractivity contribution in [3.8, 4) is 0 Å². The second kappa shape index (κ2) is 3.41. The fourth-order valence-electron chi connectivity index (χ4n) is 0.977. The summed E-state index contributed by atoms with van der Waals surface area (Å²) in [6.07, 6.45) is 3.26. The number of carbonyl (C=O) groups excluding carboxylic acids is 1. The first-order valence-corrected chi connectivity index (χ1v) is 4.19. The Morgan fingerprint density at radius 1 is 1.70 bits per heavy atom. The standard InChI is InChI=1S/C6H10INO2/c1-8(6(9)10-7)5-3-2-4-5/h5H,2-4H2,1H3. The highest BCUT2D eigenvalue weighted by Gasteiger charge is 2.25. The van der Waals surface area contributed by atoms with Gasteiger partial charge in [0.15, 0.2) is 23.0 Å². The number of amides is 1. The Kier molecular flexibility index (Phi) is 2.76. The minimum Gasteiger partial charge on any atom is -0.378 e. The van der Waals surface area contributed by atoms with Crippen LogP contribution in [0.3, 0.4) is 0 Å². The van der Waals surface area contributed by atoms with Crippen LogP contribution >= 0.6 is 23.0 Å². The number of hydrogen-bond donors (Lipinski definition) is 0. The Morgan fingerprint density at radius 2 is 2.30 bits per heavy atom. The maximum Gasteiger partial charge on any atom is 0.419 e. The number of hydrogen-bond acceptors (Lipinski definition) is 2. The molecule has 1 amide bonds. The predicted molar refractivity (Wildman–Crippen MR) is 45.9 cm³/mol. The SMILES string of the molecule is CN(C(=O)OI)C1CCC1. The second-order valence-electron chi connectivity index (χ2n) is 2.54. The molecule has 1 aliphatic carbocycles. The molecule has 10 heavy (non-hydrogen) atoms. The third-order valence-electron chi connectivity index (χ3n) is 1.98. The first kappa shape index (κ1) is 8.10. The van der Waals surface area contributed by atoms with Crippen LogP contribution < -0.4 is 0 Å². The van der Waals surface area contributed by atoms with Crippen LogP contribution in [0.2, 0.25) is 0 Å². The van der Waals surface area contributed by atoms with Gasteiger partial charge in [-0.15, -0.1) is 0 Å². The summed E-state index contributed by atoms with van der Waals surface area (Å²) in [5.74, 6) is 0. The summed E-state index contributed by atoms with van der Waals surface area (Å²) in [6.45, 7) is 0. The molecular weight excluding hydrogens is 245 g/mol. The van der Waals surface area contributed by atoms with Crippen molar-refractivity contribution in [3.05, 3.63) is 0 Å². The molecule has 0 spiro atoms. The van der Waals surface area contributed by atoms with E-state index in [0.717, 1.165) is 12.8 Å². The lowest BCUT2D eigenvalue weighted by Gasteiger charge is -2.33. The van der Waals surface area contributed by atoms with E-state index in [1.807, 2.05) is 0 Å². The zero-order valence-corrected chi connectivity index (χ0v) is 8.00. The average molecular weight is 255 g/mol. The highest BCUT2D eigenvalue weighted by atomic mass is 127. The lowest BCUT2D eigenvalue weighted by molar-refractivity contribution is 0.132. The largest absolute Gasteiger partial charge is 0.419 e. The lowest BCUT2D eigenvalue weighted by atomic mass is 9.92. The molecule has 4 heteroatoms. The first-order valence-electron chi connectivity index (χ1n) is 3.31. The second-order valence-corrected chi connectivity index (χ2v) is 2.98. The van der Waals surface area contributed by atoms with Crippen LogP contribution in [-0.2, 0) is 3.07 Å². The van der Waals surface area contributed by atoms with Gasteiger partial charge in [-0.05, 0) is 19.3 Å². The van der Waals surface area contributed by atoms with Crippen LogP contribution in [0.15, 0.2) is 0 Å². The zero-order chi connectivity index (χ0) is 7.56. The zero-order valence-electron chi connectivity index (χ0n) is 5.84. The maximum atomic E-state index is 10.8. The molecule has 0 bridgehead atoms. The number of carbonyl (C=O) groups is 1. The Labute approximate surface area is 74.4 Å². The van der Waals surface area contributed by atoms with Gasteiger partial charge in [-0.25, -0.2) is 4.79 Å². The van der Waals surface area contributed by atoms with Crippen LogP contribution in [0, 0.1) is 0 Å². The van der Waals surface area contributed by atoms with Crippen LogP contribution in [0.4, 0.5) is 4.79 Å². The summed E-state index contributed by atoms with van der Waals surface area (Å²) in [7, 11) is 1.78. The number of halogens is 1. The molecule has 0 aromatic heterocycles. The highest BCUT2D eigenvalue weighted by Crippen LogP contribution is 2.24. The van der Waals surface area contributed by atoms with Crippen LogP contribution in [0.25, 0.3) is 0 Å². The smallest absolute Gasteiger partial charge is 0.378 e. The van der Waals surface area contributed by atoms with Gasteiger partial charge in [-0.3, -0.25) is 0 Å². The van der Waals surface area contributed by atoms with Gasteiger partial charge >= 0.3 is 6.09 Å². The molecule has 0 radical (unpaired) electrons. The van der Waals surface area contributed by atoms with E-state index < -0.39 is 0 Å². The third-order valence-corrected chi connectivity index (χ3v) is 2.35. The molecule has 0 unspecified atom stereocenters. The van der Waals surface area contributed by atoms with E-state index in [1.165, 1.54) is 6.42 Å². The van der Waals surface area contributed by atoms with Gasteiger partial charge in [0.1, 0.15) is 0 Å². The van der Waals surface area contributed by atoms with Gasteiger partial charge in [0.25, 0.3) is 0 Å². The number of nitrogens with zero attached hydrogens (tertiary/aromatic N) is 1. The molecule has 0 N–H and O–H groups in total. The predicted octanol–water partition coefficient (Wildman–Crippen LogP) is 1.96. The van der Waals surface area contributed by atoms with Gasteiger partial charge in [-0.1, -0.05) is 0 Å². The topological polar surface area (TPSA) is 29.5 Å². The molecule has 1 rings (SSSR count). The van der Waals surface area contributed by atoms with E-state index in [2.05, 4.69) is 3.07 Å². The van der Waals surface area contributed by atoms with E-state index >= 15 is 0 Å². The van der Waals surface area contributed by atoms with Crippen molar-refractivity contribution in [2.75, 3.05) is 7.05 Å². The van der Waals surface area contributed by atoms with Crippen molar-refractivity contribution in [3.63, 3.8) is 0 Å². The van der Waals surface area contributed by atoms with Gasteiger partial charge in [-0.2, -0.15) is 0 Å². The molecule has 0 aliphatic heterocycles. The summed E-state index contributed by atoms with van der Waals surface area (Å²) < 4.78 is 4.53. The van der Waals surface area contributed by atoms with Crippen LogP contribution in [0.5, 0.6) is 0 Å². The number of rotatable bonds is 1. The molecule has 0 saturated heterocycles. The summed E-state index contributed by atoms with van der Waals surface area (Å²) >= 11 is 1.61. The Balaban J connectivity index is 2.31. The lowest BCUT2D eigenvalue weighted by Crippen LogP contribution is -2.40. The fourth-order valence-corrected chi connectivity index (χ4v) is 1.29. The van der Waals surface area contributed by atoms with E-state index in [1.54, 1.807) is 35.0 Å². The molecule has 1 aliphatic rings. The third kappa shape index (κ3) is 1.53. The Bertz CT molecular complexity index is 136. The van der Waals surface area contributed by atoms with Gasteiger partial charge in [0.2, 0.25) is 0 Å². The van der Waals surface area contributed by atoms with Crippen LogP contribution in [-0.4, -0.2) is 24.1 Å². The molecule has 1 saturated carbocycles. The molecule has 0 heterocycles. The average Bonchev–Trinajstić information content (AvgIpc) is 1.82. The van der Waals surface area contributed by atoms with Crippen molar-refractivity contribution in [2.24, 2.45) is 0 Å². The molecular formula is C6H10INO2. The highest BCUT2D eigenvalue weighted by molar-refractivity contribution is 14.1. The fraction of sp³-hybridized carbons (Fsp3) is 0.833. The van der Waals surface area contributed by atoms with Crippen molar-refractivity contribution in [1.82, 2.24) is 4.90 Å². The molecule has 0 atom stereocenters. The normalized spacial score (nSPS) is 17.8. The van der Waals surface area contributed by atoms with Crippen LogP contribution in [0.1, 0.15) is 19.3 Å². The molecule has 1 fully saturated rings. The van der Waals surface area contributed by atoms with Crippen molar-refractivity contribution < 1.29 is 7.86 Å². The first-order chi connectivity index (χ1) is 4.75. The molecule has 58 valence electrons. The molecule has 0 aromatic rings. The van der Waals surface area contributed by atoms with Crippen molar-refractivity contribution in [2.45, 2.75) is 25.3 Å². The summed E-state index contributed by atoms with van der Waals surface area (Å²) in [6, 6.07) is 0.433. The van der Waals surface area contributed by atoms with Gasteiger partial charge < -0.3 is 7.97 Å². The van der Waals surface area contributed by atoms with E-state index in [-0.39, 0.29) is 6.09 Å². The molecule has 3 nitrogen and oxygen atoms in total. The quantitative estimate of drug-likeness (QED) is 0.670. The van der Waals surface area contributed by atoms with Gasteiger partial charge in [0.05, 0.1) is 0 Å². The summed E-state index contributed by atoms with van der Waals surface area (Å²) in [5.41, 5.74) is 0. The van der Waals surface area contributed by atoms with Crippen molar-refractivity contribution >= 4 is 29.1 Å². The Hall–Kier alpha value is 0. The van der Waals surface area contributed by atoms with E-state index in [4.69, 9.17) is 0 Å². The van der Waals surface area contributed by atoms with E-state index in [9.17, 15) is 4.79 Å². The maximum absolute atomic E-state index is 10.8.